The van der Waals surface area contributed by atoms with E-state index in [-0.39, 0.29) is 18.7 Å². The SMILES string of the molecule is Cc1[nH]c2c(C3CC3)ccc([N+](=O)[O-])c2c1CC(CCN)C(=O)O. The van der Waals surface area contributed by atoms with E-state index in [1.54, 1.807) is 6.07 Å². The number of aromatic nitrogens is 1. The van der Waals surface area contributed by atoms with E-state index in [2.05, 4.69) is 4.98 Å². The molecule has 0 spiro atoms. The molecule has 24 heavy (non-hydrogen) atoms. The minimum atomic E-state index is -0.921. The number of hydrogen-bond donors (Lipinski definition) is 3. The van der Waals surface area contributed by atoms with Crippen molar-refractivity contribution in [1.29, 1.82) is 0 Å². The monoisotopic (exact) mass is 331 g/mol. The van der Waals surface area contributed by atoms with E-state index in [1.807, 2.05) is 13.0 Å². The van der Waals surface area contributed by atoms with Crippen LogP contribution in [0.2, 0.25) is 0 Å². The van der Waals surface area contributed by atoms with Gasteiger partial charge in [-0.2, -0.15) is 0 Å². The van der Waals surface area contributed by atoms with Crippen molar-refractivity contribution in [3.05, 3.63) is 39.1 Å². The molecule has 3 rings (SSSR count). The van der Waals surface area contributed by atoms with Gasteiger partial charge in [-0.15, -0.1) is 0 Å². The summed E-state index contributed by atoms with van der Waals surface area (Å²) in [5, 5.41) is 21.4. The number of non-ortho nitro benzene ring substituents is 1. The second-order valence-electron chi connectivity index (χ2n) is 6.50. The molecule has 1 unspecified atom stereocenters. The standard InChI is InChI=1S/C17H21N3O4/c1-9-13(8-11(6-7-18)17(21)22)15-14(20(23)24)5-4-12(10-2-3-10)16(15)19-9/h4-5,10-11,19H,2-3,6-8,18H2,1H3,(H,21,22). The number of nitro groups is 1. The van der Waals surface area contributed by atoms with Gasteiger partial charge in [0.05, 0.1) is 21.7 Å². The van der Waals surface area contributed by atoms with Gasteiger partial charge in [0.15, 0.2) is 0 Å². The zero-order valence-electron chi connectivity index (χ0n) is 13.5. The number of aliphatic carboxylic acids is 1. The summed E-state index contributed by atoms with van der Waals surface area (Å²) in [5.41, 5.74) is 8.95. The van der Waals surface area contributed by atoms with Gasteiger partial charge in [-0.25, -0.2) is 0 Å². The number of nitrogens with one attached hydrogen (secondary N) is 1. The van der Waals surface area contributed by atoms with Gasteiger partial charge in [-0.1, -0.05) is 0 Å². The van der Waals surface area contributed by atoms with Crippen LogP contribution in [0.25, 0.3) is 10.9 Å². The Bertz CT molecular complexity index is 808. The quantitative estimate of drug-likeness (QED) is 0.532. The number of nitrogens with zero attached hydrogens (tertiary/aromatic N) is 1. The molecule has 1 aliphatic carbocycles. The Kier molecular flexibility index (Phi) is 4.28. The van der Waals surface area contributed by atoms with E-state index in [1.165, 1.54) is 0 Å². The Hall–Kier alpha value is -2.41. The topological polar surface area (TPSA) is 122 Å². The molecule has 0 radical (unpaired) electrons. The molecule has 7 nitrogen and oxygen atoms in total. The number of carbonyl (C=O) groups is 1. The van der Waals surface area contributed by atoms with Crippen LogP contribution in [0.4, 0.5) is 5.69 Å². The van der Waals surface area contributed by atoms with E-state index in [4.69, 9.17) is 5.73 Å². The first-order chi connectivity index (χ1) is 11.4. The van der Waals surface area contributed by atoms with Gasteiger partial charge in [0, 0.05) is 11.8 Å². The first-order valence-corrected chi connectivity index (χ1v) is 8.15. The number of nitro benzene ring substituents is 1. The summed E-state index contributed by atoms with van der Waals surface area (Å²) in [6, 6.07) is 3.37. The number of H-pyrrole nitrogens is 1. The van der Waals surface area contributed by atoms with Crippen molar-refractivity contribution in [2.45, 2.75) is 38.5 Å². The van der Waals surface area contributed by atoms with Crippen LogP contribution in [0, 0.1) is 23.0 Å². The zero-order valence-corrected chi connectivity index (χ0v) is 13.5. The molecule has 1 heterocycles. The summed E-state index contributed by atoms with van der Waals surface area (Å²) >= 11 is 0. The molecule has 1 fully saturated rings. The van der Waals surface area contributed by atoms with Crippen molar-refractivity contribution in [2.24, 2.45) is 11.7 Å². The molecule has 1 aromatic heterocycles. The van der Waals surface area contributed by atoms with Gasteiger partial charge in [0.2, 0.25) is 0 Å². The Morgan fingerprint density at radius 2 is 2.21 bits per heavy atom. The predicted octanol–water partition coefficient (Wildman–Crippen LogP) is 2.85. The maximum absolute atomic E-state index is 11.5. The number of aryl methyl sites for hydroxylation is 1. The summed E-state index contributed by atoms with van der Waals surface area (Å²) in [4.78, 5) is 25.8. The van der Waals surface area contributed by atoms with Gasteiger partial charge in [0.25, 0.3) is 5.69 Å². The third-order valence-electron chi connectivity index (χ3n) is 4.81. The molecule has 4 N–H and O–H groups in total. The fraction of sp³-hybridized carbons (Fsp3) is 0.471. The molecule has 0 bridgehead atoms. The highest BCUT2D eigenvalue weighted by atomic mass is 16.6. The summed E-state index contributed by atoms with van der Waals surface area (Å²) in [6.45, 7) is 2.12. The number of benzene rings is 1. The van der Waals surface area contributed by atoms with Gasteiger partial charge in [-0.05, 0) is 62.3 Å². The molecule has 1 saturated carbocycles. The lowest BCUT2D eigenvalue weighted by atomic mass is 9.93. The van der Waals surface area contributed by atoms with Crippen molar-refractivity contribution < 1.29 is 14.8 Å². The van der Waals surface area contributed by atoms with E-state index >= 15 is 0 Å². The average molecular weight is 331 g/mol. The maximum Gasteiger partial charge on any atom is 0.306 e. The maximum atomic E-state index is 11.5. The zero-order chi connectivity index (χ0) is 17.4. The number of aromatic amines is 1. The summed E-state index contributed by atoms with van der Waals surface area (Å²) in [7, 11) is 0. The van der Waals surface area contributed by atoms with Crippen LogP contribution in [0.3, 0.4) is 0 Å². The van der Waals surface area contributed by atoms with Crippen LogP contribution < -0.4 is 5.73 Å². The van der Waals surface area contributed by atoms with E-state index < -0.39 is 16.8 Å². The van der Waals surface area contributed by atoms with Crippen molar-refractivity contribution in [3.8, 4) is 0 Å². The largest absolute Gasteiger partial charge is 0.481 e. The first kappa shape index (κ1) is 16.4. The smallest absolute Gasteiger partial charge is 0.306 e. The summed E-state index contributed by atoms with van der Waals surface area (Å²) < 4.78 is 0. The predicted molar refractivity (Wildman–Crippen MR) is 90.2 cm³/mol. The number of rotatable bonds is 7. The molecular weight excluding hydrogens is 310 g/mol. The molecule has 2 aromatic rings. The molecule has 1 aromatic carbocycles. The Labute approximate surface area is 139 Å². The Morgan fingerprint density at radius 3 is 2.75 bits per heavy atom. The van der Waals surface area contributed by atoms with Crippen LogP contribution >= 0.6 is 0 Å². The number of fused-ring (bicyclic) bond motifs is 1. The van der Waals surface area contributed by atoms with Crippen LogP contribution in [0.5, 0.6) is 0 Å². The van der Waals surface area contributed by atoms with Gasteiger partial charge in [0.1, 0.15) is 0 Å². The van der Waals surface area contributed by atoms with Crippen LogP contribution in [0.15, 0.2) is 12.1 Å². The molecule has 0 saturated heterocycles. The van der Waals surface area contributed by atoms with Crippen molar-refractivity contribution in [3.63, 3.8) is 0 Å². The molecule has 7 heteroatoms. The van der Waals surface area contributed by atoms with E-state index in [0.717, 1.165) is 35.2 Å². The lowest BCUT2D eigenvalue weighted by Crippen LogP contribution is -2.20. The molecular formula is C17H21N3O4. The Morgan fingerprint density at radius 1 is 1.50 bits per heavy atom. The number of nitrogens with two attached hydrogens (primary N) is 1. The molecule has 1 aliphatic rings. The minimum Gasteiger partial charge on any atom is -0.481 e. The molecule has 1 atom stereocenters. The summed E-state index contributed by atoms with van der Waals surface area (Å²) in [6.07, 6.45) is 2.77. The lowest BCUT2D eigenvalue weighted by Gasteiger charge is -2.11. The van der Waals surface area contributed by atoms with Gasteiger partial charge < -0.3 is 15.8 Å². The second-order valence-corrected chi connectivity index (χ2v) is 6.50. The molecule has 128 valence electrons. The second kappa shape index (κ2) is 6.24. The number of hydrogen-bond acceptors (Lipinski definition) is 4. The lowest BCUT2D eigenvalue weighted by molar-refractivity contribution is -0.383. The molecule has 0 amide bonds. The number of carboxylic acid groups (broad SMARTS) is 1. The third-order valence-corrected chi connectivity index (χ3v) is 4.81. The van der Waals surface area contributed by atoms with Gasteiger partial charge in [-0.3, -0.25) is 14.9 Å². The van der Waals surface area contributed by atoms with Crippen LogP contribution in [0.1, 0.15) is 42.0 Å². The van der Waals surface area contributed by atoms with E-state index in [9.17, 15) is 20.0 Å². The van der Waals surface area contributed by atoms with Gasteiger partial charge >= 0.3 is 5.97 Å². The number of carboxylic acids is 1. The Balaban J connectivity index is 2.16. The normalized spacial score (nSPS) is 15.6. The summed E-state index contributed by atoms with van der Waals surface area (Å²) in [5.74, 6) is -1.12. The molecule has 0 aliphatic heterocycles. The van der Waals surface area contributed by atoms with Crippen molar-refractivity contribution in [1.82, 2.24) is 4.98 Å². The highest BCUT2D eigenvalue weighted by molar-refractivity contribution is 5.96. The van der Waals surface area contributed by atoms with Crippen LogP contribution in [-0.2, 0) is 11.2 Å². The average Bonchev–Trinajstić information content (AvgIpc) is 3.30. The van der Waals surface area contributed by atoms with Crippen molar-refractivity contribution >= 4 is 22.6 Å². The first-order valence-electron chi connectivity index (χ1n) is 8.15. The third kappa shape index (κ3) is 2.87. The fourth-order valence-corrected chi connectivity index (χ4v) is 3.40. The highest BCUT2D eigenvalue weighted by Gasteiger charge is 2.31. The highest BCUT2D eigenvalue weighted by Crippen LogP contribution is 2.45. The minimum absolute atomic E-state index is 0.0330. The van der Waals surface area contributed by atoms with Crippen LogP contribution in [-0.4, -0.2) is 27.5 Å². The van der Waals surface area contributed by atoms with E-state index in [0.29, 0.717) is 17.7 Å². The van der Waals surface area contributed by atoms with Crippen molar-refractivity contribution in [2.75, 3.05) is 6.54 Å². The fourth-order valence-electron chi connectivity index (χ4n) is 3.40.